The smallest absolute Gasteiger partial charge is 0.188 e. The molecular formula is C28H50F2N6O9. The molecule has 4 heterocycles. The Morgan fingerprint density at radius 3 is 1.44 bits per heavy atom. The van der Waals surface area contributed by atoms with Crippen LogP contribution in [0.5, 0.6) is 0 Å². The van der Waals surface area contributed by atoms with Gasteiger partial charge in [0.25, 0.3) is 0 Å². The van der Waals surface area contributed by atoms with E-state index in [4.69, 9.17) is 14.2 Å². The lowest BCUT2D eigenvalue weighted by Crippen LogP contribution is -2.69. The van der Waals surface area contributed by atoms with E-state index in [1.807, 2.05) is 0 Å². The standard InChI is InChI=1S/C28H50F2N6O9/c29-15-5-1-3-13(7-15)17-9-35(33-31-17)21-23(39)19(11-37)43-27(25(21)41)45-28-26(42)22(24(40)20(12-38)44-28)36-10-18(32-34-36)14-4-2-6-16(30)8-14/h13-28,31-34,37-42H,1-12H2/t13?,14?,15?,16?,17?,18?,19-,20-,21+,22+,23+,24+,25-,26-,27+,28+/m1/s1. The molecule has 45 heavy (non-hydrogen) atoms. The third kappa shape index (κ3) is 7.18. The second kappa shape index (κ2) is 14.8. The fourth-order valence-corrected chi connectivity index (χ4v) is 8.16. The number of hydrogen-bond donors (Lipinski definition) is 10. The van der Waals surface area contributed by atoms with Crippen LogP contribution in [0.4, 0.5) is 8.78 Å². The number of hydrazine groups is 4. The molecule has 0 aromatic rings. The first-order chi connectivity index (χ1) is 21.7. The summed E-state index contributed by atoms with van der Waals surface area (Å²) in [4.78, 5) is 0. The van der Waals surface area contributed by atoms with Crippen molar-refractivity contribution in [2.24, 2.45) is 11.8 Å². The highest BCUT2D eigenvalue weighted by atomic mass is 19.1. The number of nitrogens with zero attached hydrogens (tertiary/aromatic N) is 2. The van der Waals surface area contributed by atoms with Gasteiger partial charge in [-0.15, -0.1) is 0 Å². The summed E-state index contributed by atoms with van der Waals surface area (Å²) in [5.74, 6) is 0.130. The minimum atomic E-state index is -1.50. The van der Waals surface area contributed by atoms with Crippen LogP contribution in [0.2, 0.25) is 0 Å². The summed E-state index contributed by atoms with van der Waals surface area (Å²) in [5.41, 5.74) is 12.2. The number of nitrogens with one attached hydrogen (secondary N) is 4. The van der Waals surface area contributed by atoms with Crippen molar-refractivity contribution < 1.29 is 53.6 Å². The van der Waals surface area contributed by atoms with Crippen LogP contribution in [0.1, 0.15) is 51.4 Å². The zero-order valence-corrected chi connectivity index (χ0v) is 25.3. The summed E-state index contributed by atoms with van der Waals surface area (Å²) in [6, 6.07) is -2.33. The molecule has 0 radical (unpaired) electrons. The maximum Gasteiger partial charge on any atom is 0.188 e. The lowest BCUT2D eigenvalue weighted by atomic mass is 9.83. The molecular weight excluding hydrogens is 602 g/mol. The average molecular weight is 653 g/mol. The number of alkyl halides is 2. The van der Waals surface area contributed by atoms with Gasteiger partial charge in [-0.2, -0.15) is 11.1 Å². The molecule has 15 nitrogen and oxygen atoms in total. The van der Waals surface area contributed by atoms with Gasteiger partial charge in [0, 0.05) is 25.2 Å². The molecule has 6 aliphatic rings. The van der Waals surface area contributed by atoms with E-state index < -0.39 is 86.8 Å². The van der Waals surface area contributed by atoms with Crippen LogP contribution < -0.4 is 21.9 Å². The highest BCUT2D eigenvalue weighted by Gasteiger charge is 2.54. The Morgan fingerprint density at radius 2 is 1.07 bits per heavy atom. The number of halogens is 2. The molecule has 17 heteroatoms. The maximum absolute atomic E-state index is 14.1. The Hall–Kier alpha value is -0.740. The van der Waals surface area contributed by atoms with Crippen molar-refractivity contribution in [2.45, 2.75) is 137 Å². The maximum atomic E-state index is 14.1. The van der Waals surface area contributed by atoms with Crippen molar-refractivity contribution in [3.05, 3.63) is 0 Å². The van der Waals surface area contributed by atoms with Crippen molar-refractivity contribution in [3.8, 4) is 0 Å². The topological polar surface area (TPSA) is 204 Å². The predicted octanol–water partition coefficient (Wildman–Crippen LogP) is -2.94. The van der Waals surface area contributed by atoms with Crippen LogP contribution >= 0.6 is 0 Å². The van der Waals surface area contributed by atoms with Gasteiger partial charge in [-0.3, -0.25) is 0 Å². The molecule has 0 amide bonds. The van der Waals surface area contributed by atoms with Crippen molar-refractivity contribution in [1.29, 1.82) is 0 Å². The second-order valence-corrected chi connectivity index (χ2v) is 13.6. The van der Waals surface area contributed by atoms with E-state index in [1.165, 1.54) is 0 Å². The minimum Gasteiger partial charge on any atom is -0.394 e. The Kier molecular flexibility index (Phi) is 11.2. The summed E-state index contributed by atoms with van der Waals surface area (Å²) >= 11 is 0. The molecule has 0 spiro atoms. The van der Waals surface area contributed by atoms with E-state index in [0.29, 0.717) is 38.8 Å². The first kappa shape index (κ1) is 34.1. The van der Waals surface area contributed by atoms with Gasteiger partial charge >= 0.3 is 0 Å². The summed E-state index contributed by atoms with van der Waals surface area (Å²) in [7, 11) is 0. The summed E-state index contributed by atoms with van der Waals surface area (Å²) < 4.78 is 45.6. The van der Waals surface area contributed by atoms with Crippen LogP contribution in [-0.4, -0.2) is 153 Å². The van der Waals surface area contributed by atoms with Gasteiger partial charge in [-0.05, 0) is 50.4 Å². The predicted molar refractivity (Wildman–Crippen MR) is 151 cm³/mol. The van der Waals surface area contributed by atoms with Crippen LogP contribution in [-0.2, 0) is 14.2 Å². The van der Waals surface area contributed by atoms with Crippen LogP contribution in [0, 0.1) is 11.8 Å². The van der Waals surface area contributed by atoms with E-state index in [0.717, 1.165) is 25.7 Å². The molecule has 2 aliphatic carbocycles. The van der Waals surface area contributed by atoms with Crippen LogP contribution in [0.15, 0.2) is 0 Å². The number of rotatable bonds is 8. The molecule has 0 bridgehead atoms. The Bertz CT molecular complexity index is 898. The fraction of sp³-hybridized carbons (Fsp3) is 1.00. The molecule has 6 rings (SSSR count). The van der Waals surface area contributed by atoms with Gasteiger partial charge in [0.2, 0.25) is 0 Å². The molecule has 4 saturated heterocycles. The number of aliphatic hydroxyl groups excluding tert-OH is 6. The minimum absolute atomic E-state index is 0.0652. The second-order valence-electron chi connectivity index (χ2n) is 13.6. The van der Waals surface area contributed by atoms with Crippen molar-refractivity contribution in [3.63, 3.8) is 0 Å². The summed E-state index contributed by atoms with van der Waals surface area (Å²) in [6.07, 6.45) is -7.50. The third-order valence-electron chi connectivity index (χ3n) is 10.7. The Labute approximate surface area is 261 Å². The summed E-state index contributed by atoms with van der Waals surface area (Å²) in [5, 5.41) is 68.2. The molecule has 4 aliphatic heterocycles. The number of hydrogen-bond acceptors (Lipinski definition) is 15. The lowest BCUT2D eigenvalue weighted by molar-refractivity contribution is -0.370. The van der Waals surface area contributed by atoms with E-state index in [9.17, 15) is 39.4 Å². The summed E-state index contributed by atoms with van der Waals surface area (Å²) in [6.45, 7) is -0.518. The highest BCUT2D eigenvalue weighted by Crippen LogP contribution is 2.35. The molecule has 0 aromatic carbocycles. The van der Waals surface area contributed by atoms with Gasteiger partial charge in [-0.1, -0.05) is 12.8 Å². The van der Waals surface area contributed by atoms with Crippen molar-refractivity contribution >= 4 is 0 Å². The van der Waals surface area contributed by atoms with Gasteiger partial charge in [0.1, 0.15) is 49.0 Å². The van der Waals surface area contributed by atoms with E-state index in [-0.39, 0.29) is 23.9 Å². The zero-order chi connectivity index (χ0) is 31.8. The van der Waals surface area contributed by atoms with Gasteiger partial charge in [0.05, 0.1) is 25.3 Å². The van der Waals surface area contributed by atoms with Crippen LogP contribution in [0.25, 0.3) is 0 Å². The average Bonchev–Trinajstić information content (AvgIpc) is 3.71. The Balaban J connectivity index is 1.13. The zero-order valence-electron chi connectivity index (χ0n) is 25.3. The number of ether oxygens (including phenoxy) is 3. The molecule has 260 valence electrons. The SMILES string of the molecule is OC[C@H]1O[C@@H](O[C@@H]2O[C@H](CO)[C@H](O)[C@H](N3CC(C4CCCC(F)C4)NN3)[C@H]2O)[C@H](O)[C@@H](N2CC(C3CCCC(F)C3)NN2)[C@H]1O. The van der Waals surface area contributed by atoms with E-state index in [2.05, 4.69) is 21.9 Å². The van der Waals surface area contributed by atoms with E-state index >= 15 is 0 Å². The monoisotopic (exact) mass is 652 g/mol. The van der Waals surface area contributed by atoms with Crippen molar-refractivity contribution in [2.75, 3.05) is 26.3 Å². The van der Waals surface area contributed by atoms with E-state index in [1.54, 1.807) is 10.0 Å². The van der Waals surface area contributed by atoms with Crippen molar-refractivity contribution in [1.82, 2.24) is 31.9 Å². The normalized spacial score (nSPS) is 50.7. The first-order valence-corrected chi connectivity index (χ1v) is 16.4. The lowest BCUT2D eigenvalue weighted by Gasteiger charge is -2.49. The molecule has 6 unspecified atom stereocenters. The fourth-order valence-electron chi connectivity index (χ4n) is 8.16. The molecule has 6 fully saturated rings. The molecule has 0 aromatic heterocycles. The first-order valence-electron chi connectivity index (χ1n) is 16.4. The molecule has 16 atom stereocenters. The molecule has 2 saturated carbocycles. The largest absolute Gasteiger partial charge is 0.394 e. The number of aliphatic hydroxyl groups is 6. The van der Waals surface area contributed by atoms with Crippen LogP contribution in [0.3, 0.4) is 0 Å². The Morgan fingerprint density at radius 1 is 0.644 bits per heavy atom. The quantitative estimate of drug-likeness (QED) is 0.128. The highest BCUT2D eigenvalue weighted by molar-refractivity contribution is 5.01. The van der Waals surface area contributed by atoms with Gasteiger partial charge < -0.3 is 44.8 Å². The van der Waals surface area contributed by atoms with Gasteiger partial charge in [-0.25, -0.2) is 29.7 Å². The third-order valence-corrected chi connectivity index (χ3v) is 10.7. The molecule has 10 N–H and O–H groups in total. The van der Waals surface area contributed by atoms with Gasteiger partial charge in [0.15, 0.2) is 12.6 Å².